The third-order valence-electron chi connectivity index (χ3n) is 2.83. The van der Waals surface area contributed by atoms with Crippen molar-refractivity contribution in [3.05, 3.63) is 0 Å². The molecule has 0 radical (unpaired) electrons. The van der Waals surface area contributed by atoms with Gasteiger partial charge in [0.25, 0.3) is 0 Å². The van der Waals surface area contributed by atoms with E-state index in [1.54, 1.807) is 0 Å². The van der Waals surface area contributed by atoms with Crippen LogP contribution in [0.5, 0.6) is 0 Å². The lowest BCUT2D eigenvalue weighted by Crippen LogP contribution is -2.23. The van der Waals surface area contributed by atoms with E-state index in [4.69, 9.17) is 0 Å². The van der Waals surface area contributed by atoms with Gasteiger partial charge in [-0.1, -0.05) is 19.3 Å². The van der Waals surface area contributed by atoms with Crippen molar-refractivity contribution in [1.29, 1.82) is 0 Å². The summed E-state index contributed by atoms with van der Waals surface area (Å²) in [4.78, 5) is 10.8. The van der Waals surface area contributed by atoms with Gasteiger partial charge in [-0.15, -0.1) is 0 Å². The van der Waals surface area contributed by atoms with Crippen LogP contribution < -0.4 is 5.32 Å². The summed E-state index contributed by atoms with van der Waals surface area (Å²) in [5.74, 6) is 1.82. The van der Waals surface area contributed by atoms with Gasteiger partial charge in [-0.2, -0.15) is 0 Å². The number of amides is 1. The van der Waals surface area contributed by atoms with E-state index in [0.717, 1.165) is 18.9 Å². The molecule has 1 saturated heterocycles. The van der Waals surface area contributed by atoms with Gasteiger partial charge in [0.05, 0.1) is 0 Å². The number of carbonyl (C=O) groups is 1. The maximum Gasteiger partial charge on any atom is 0.220 e. The summed E-state index contributed by atoms with van der Waals surface area (Å²) in [6, 6.07) is 0. The summed E-state index contributed by atoms with van der Waals surface area (Å²) in [5.41, 5.74) is 0. The number of hydrogen-bond donors (Lipinski definition) is 1. The normalized spacial score (nSPS) is 33.6. The molecule has 0 aromatic heterocycles. The van der Waals surface area contributed by atoms with Crippen molar-refractivity contribution in [2.75, 3.05) is 6.54 Å². The molecule has 2 heteroatoms. The Bertz CT molecular complexity index is 151. The van der Waals surface area contributed by atoms with E-state index >= 15 is 0 Å². The molecular formula is C8H13NO. The minimum Gasteiger partial charge on any atom is -0.356 e. The Labute approximate surface area is 61.0 Å². The molecule has 1 heterocycles. The van der Waals surface area contributed by atoms with E-state index < -0.39 is 0 Å². The van der Waals surface area contributed by atoms with Gasteiger partial charge in [-0.25, -0.2) is 0 Å². The van der Waals surface area contributed by atoms with Crippen LogP contribution in [0.4, 0.5) is 0 Å². The van der Waals surface area contributed by atoms with Crippen LogP contribution in [0.3, 0.4) is 0 Å². The van der Waals surface area contributed by atoms with Crippen LogP contribution in [0, 0.1) is 11.8 Å². The molecule has 1 saturated carbocycles. The molecule has 1 N–H and O–H groups in total. The molecule has 0 spiro atoms. The smallest absolute Gasteiger partial charge is 0.220 e. The van der Waals surface area contributed by atoms with Gasteiger partial charge in [-0.05, 0) is 11.8 Å². The second-order valence-corrected chi connectivity index (χ2v) is 3.46. The molecule has 56 valence electrons. The Hall–Kier alpha value is -0.530. The monoisotopic (exact) mass is 139 g/mol. The topological polar surface area (TPSA) is 29.1 Å². The van der Waals surface area contributed by atoms with Gasteiger partial charge < -0.3 is 5.32 Å². The van der Waals surface area contributed by atoms with Crippen LogP contribution in [0.25, 0.3) is 0 Å². The van der Waals surface area contributed by atoms with Crippen LogP contribution in [0.15, 0.2) is 0 Å². The molecule has 1 aliphatic heterocycles. The summed E-state index contributed by atoms with van der Waals surface area (Å²) >= 11 is 0. The molecule has 2 fully saturated rings. The van der Waals surface area contributed by atoms with E-state index in [0.29, 0.717) is 5.92 Å². The van der Waals surface area contributed by atoms with E-state index in [-0.39, 0.29) is 5.91 Å². The Morgan fingerprint density at radius 3 is 2.50 bits per heavy atom. The van der Waals surface area contributed by atoms with Crippen molar-refractivity contribution >= 4 is 5.91 Å². The molecule has 0 aromatic rings. The standard InChI is InChI=1S/C8H13NO/c10-8-4-7(5-9-8)6-2-1-3-6/h6-7H,1-5H2,(H,9,10). The van der Waals surface area contributed by atoms with Gasteiger partial charge in [0.2, 0.25) is 5.91 Å². The average Bonchev–Trinajstić information content (AvgIpc) is 2.10. The Morgan fingerprint density at radius 2 is 2.10 bits per heavy atom. The first-order chi connectivity index (χ1) is 4.86. The van der Waals surface area contributed by atoms with E-state index in [1.807, 2.05) is 0 Å². The minimum absolute atomic E-state index is 0.261. The summed E-state index contributed by atoms with van der Waals surface area (Å²) in [6.07, 6.45) is 4.90. The highest BCUT2D eigenvalue weighted by atomic mass is 16.1. The van der Waals surface area contributed by atoms with Gasteiger partial charge >= 0.3 is 0 Å². The van der Waals surface area contributed by atoms with Crippen LogP contribution in [-0.2, 0) is 4.79 Å². The average molecular weight is 139 g/mol. The predicted octanol–water partition coefficient (Wildman–Crippen LogP) is 0.923. The molecule has 1 aliphatic carbocycles. The second kappa shape index (κ2) is 2.26. The Kier molecular flexibility index (Phi) is 1.40. The van der Waals surface area contributed by atoms with Crippen LogP contribution in [-0.4, -0.2) is 12.5 Å². The fraction of sp³-hybridized carbons (Fsp3) is 0.875. The minimum atomic E-state index is 0.261. The summed E-state index contributed by atoms with van der Waals surface area (Å²) in [7, 11) is 0. The van der Waals surface area contributed by atoms with Gasteiger partial charge in [0.1, 0.15) is 0 Å². The highest BCUT2D eigenvalue weighted by Gasteiger charge is 2.32. The predicted molar refractivity (Wildman–Crippen MR) is 38.5 cm³/mol. The van der Waals surface area contributed by atoms with Crippen molar-refractivity contribution in [2.45, 2.75) is 25.7 Å². The first kappa shape index (κ1) is 6.20. The lowest BCUT2D eigenvalue weighted by atomic mass is 9.75. The van der Waals surface area contributed by atoms with E-state index in [9.17, 15) is 4.79 Å². The highest BCUT2D eigenvalue weighted by molar-refractivity contribution is 5.78. The zero-order valence-corrected chi connectivity index (χ0v) is 6.10. The number of rotatable bonds is 1. The fourth-order valence-corrected chi connectivity index (χ4v) is 1.87. The lowest BCUT2D eigenvalue weighted by molar-refractivity contribution is -0.119. The molecule has 2 aliphatic rings. The summed E-state index contributed by atoms with van der Waals surface area (Å²) < 4.78 is 0. The summed E-state index contributed by atoms with van der Waals surface area (Å²) in [6.45, 7) is 0.948. The Balaban J connectivity index is 1.88. The largest absolute Gasteiger partial charge is 0.356 e. The third kappa shape index (κ3) is 0.917. The molecule has 1 unspecified atom stereocenters. The van der Waals surface area contributed by atoms with Gasteiger partial charge in [0, 0.05) is 13.0 Å². The lowest BCUT2D eigenvalue weighted by Gasteiger charge is -2.29. The quantitative estimate of drug-likeness (QED) is 0.575. The molecule has 10 heavy (non-hydrogen) atoms. The first-order valence-corrected chi connectivity index (χ1v) is 4.13. The molecule has 0 bridgehead atoms. The molecular weight excluding hydrogens is 126 g/mol. The fourth-order valence-electron chi connectivity index (χ4n) is 1.87. The Morgan fingerprint density at radius 1 is 1.30 bits per heavy atom. The van der Waals surface area contributed by atoms with Crippen molar-refractivity contribution < 1.29 is 4.79 Å². The molecule has 0 aromatic carbocycles. The maximum absolute atomic E-state index is 10.8. The van der Waals surface area contributed by atoms with Crippen molar-refractivity contribution in [2.24, 2.45) is 11.8 Å². The molecule has 2 nitrogen and oxygen atoms in total. The second-order valence-electron chi connectivity index (χ2n) is 3.46. The van der Waals surface area contributed by atoms with Crippen molar-refractivity contribution in [1.82, 2.24) is 5.32 Å². The first-order valence-electron chi connectivity index (χ1n) is 4.13. The van der Waals surface area contributed by atoms with Crippen LogP contribution in [0.2, 0.25) is 0 Å². The number of nitrogens with one attached hydrogen (secondary N) is 1. The number of hydrogen-bond acceptors (Lipinski definition) is 1. The maximum atomic E-state index is 10.8. The summed E-state index contributed by atoms with van der Waals surface area (Å²) in [5, 5.41) is 2.88. The highest BCUT2D eigenvalue weighted by Crippen LogP contribution is 2.36. The van der Waals surface area contributed by atoms with Crippen LogP contribution >= 0.6 is 0 Å². The zero-order valence-electron chi connectivity index (χ0n) is 6.10. The molecule has 2 rings (SSSR count). The SMILES string of the molecule is O=C1CC(C2CCC2)CN1. The van der Waals surface area contributed by atoms with E-state index in [2.05, 4.69) is 5.32 Å². The number of carbonyl (C=O) groups excluding carboxylic acids is 1. The van der Waals surface area contributed by atoms with Crippen LogP contribution in [0.1, 0.15) is 25.7 Å². The third-order valence-corrected chi connectivity index (χ3v) is 2.83. The zero-order chi connectivity index (χ0) is 6.97. The van der Waals surface area contributed by atoms with Crippen molar-refractivity contribution in [3.63, 3.8) is 0 Å². The van der Waals surface area contributed by atoms with E-state index in [1.165, 1.54) is 19.3 Å². The molecule has 1 amide bonds. The molecule has 1 atom stereocenters. The van der Waals surface area contributed by atoms with Crippen molar-refractivity contribution in [3.8, 4) is 0 Å². The van der Waals surface area contributed by atoms with Gasteiger partial charge in [0.15, 0.2) is 0 Å². The van der Waals surface area contributed by atoms with Gasteiger partial charge in [-0.3, -0.25) is 4.79 Å².